The summed E-state index contributed by atoms with van der Waals surface area (Å²) in [5, 5.41) is 4.42. The summed E-state index contributed by atoms with van der Waals surface area (Å²) >= 11 is 0. The first-order valence-electron chi connectivity index (χ1n) is 6.50. The Morgan fingerprint density at radius 1 is 1.33 bits per heavy atom. The number of rotatable bonds is 3. The van der Waals surface area contributed by atoms with Gasteiger partial charge in [0.25, 0.3) is 0 Å². The fraction of sp³-hybridized carbons (Fsp3) is 0.400. The van der Waals surface area contributed by atoms with Gasteiger partial charge in [0.1, 0.15) is 0 Å². The van der Waals surface area contributed by atoms with Gasteiger partial charge in [-0.1, -0.05) is 18.2 Å². The molecule has 1 saturated carbocycles. The van der Waals surface area contributed by atoms with Gasteiger partial charge in [-0.3, -0.25) is 0 Å². The second-order valence-electron chi connectivity index (χ2n) is 5.42. The summed E-state index contributed by atoms with van der Waals surface area (Å²) in [5.41, 5.74) is 10.0. The summed E-state index contributed by atoms with van der Waals surface area (Å²) in [6.07, 6.45) is 6.32. The lowest BCUT2D eigenvalue weighted by Crippen LogP contribution is -2.32. The third kappa shape index (κ3) is 1.66. The van der Waals surface area contributed by atoms with Crippen LogP contribution >= 0.6 is 0 Å². The molecule has 1 heterocycles. The van der Waals surface area contributed by atoms with E-state index >= 15 is 0 Å². The minimum Gasteiger partial charge on any atom is -0.327 e. The molecule has 3 rings (SSSR count). The number of aryl methyl sites for hydroxylation is 1. The van der Waals surface area contributed by atoms with E-state index in [0.717, 1.165) is 0 Å². The predicted octanol–water partition coefficient (Wildman–Crippen LogP) is 2.56. The molecule has 1 aromatic heterocycles. The van der Waals surface area contributed by atoms with Gasteiger partial charge in [-0.05, 0) is 43.9 Å². The average molecular weight is 241 g/mol. The molecule has 1 atom stereocenters. The van der Waals surface area contributed by atoms with Crippen molar-refractivity contribution in [2.24, 2.45) is 5.73 Å². The monoisotopic (exact) mass is 241 g/mol. The molecule has 1 fully saturated rings. The molecule has 0 bridgehead atoms. The highest BCUT2D eigenvalue weighted by molar-refractivity contribution is 5.49. The van der Waals surface area contributed by atoms with Crippen molar-refractivity contribution >= 4 is 0 Å². The minimum absolute atomic E-state index is 0.163. The number of para-hydroxylation sites is 1. The van der Waals surface area contributed by atoms with E-state index in [4.69, 9.17) is 5.73 Å². The van der Waals surface area contributed by atoms with E-state index in [1.165, 1.54) is 29.7 Å². The standard InChI is InChI=1S/C15H19N3/c1-11-9-17-18(10-11)14-6-4-3-5-13(14)15(7-8-15)12(2)16/h3-6,9-10,12H,7-8,16H2,1-2H3. The summed E-state index contributed by atoms with van der Waals surface area (Å²) in [7, 11) is 0. The topological polar surface area (TPSA) is 43.8 Å². The quantitative estimate of drug-likeness (QED) is 0.897. The fourth-order valence-corrected chi connectivity index (χ4v) is 2.74. The number of aromatic nitrogens is 2. The van der Waals surface area contributed by atoms with Crippen molar-refractivity contribution in [1.29, 1.82) is 0 Å². The van der Waals surface area contributed by atoms with E-state index in [0.29, 0.717) is 0 Å². The molecular formula is C15H19N3. The van der Waals surface area contributed by atoms with Crippen LogP contribution in [0.2, 0.25) is 0 Å². The van der Waals surface area contributed by atoms with Crippen LogP contribution in [0.3, 0.4) is 0 Å². The Balaban J connectivity index is 2.12. The van der Waals surface area contributed by atoms with Crippen LogP contribution in [0.25, 0.3) is 5.69 Å². The van der Waals surface area contributed by atoms with Crippen molar-refractivity contribution in [2.75, 3.05) is 0 Å². The highest BCUT2D eigenvalue weighted by Crippen LogP contribution is 2.51. The summed E-state index contributed by atoms with van der Waals surface area (Å²) in [5.74, 6) is 0. The smallest absolute Gasteiger partial charge is 0.0683 e. The third-order valence-electron chi connectivity index (χ3n) is 4.06. The van der Waals surface area contributed by atoms with Crippen LogP contribution in [0.1, 0.15) is 30.9 Å². The van der Waals surface area contributed by atoms with E-state index in [9.17, 15) is 0 Å². The zero-order chi connectivity index (χ0) is 12.8. The molecule has 0 radical (unpaired) electrons. The van der Waals surface area contributed by atoms with Gasteiger partial charge >= 0.3 is 0 Å². The van der Waals surface area contributed by atoms with Crippen molar-refractivity contribution in [1.82, 2.24) is 9.78 Å². The van der Waals surface area contributed by atoms with Crippen LogP contribution in [0, 0.1) is 6.92 Å². The fourth-order valence-electron chi connectivity index (χ4n) is 2.74. The number of nitrogens with two attached hydrogens (primary N) is 1. The normalized spacial score (nSPS) is 18.6. The van der Waals surface area contributed by atoms with E-state index in [1.54, 1.807) is 0 Å². The molecular weight excluding hydrogens is 222 g/mol. The van der Waals surface area contributed by atoms with Crippen molar-refractivity contribution in [3.8, 4) is 5.69 Å². The first-order valence-corrected chi connectivity index (χ1v) is 6.50. The Morgan fingerprint density at radius 3 is 2.61 bits per heavy atom. The van der Waals surface area contributed by atoms with Gasteiger partial charge in [-0.15, -0.1) is 0 Å². The first-order chi connectivity index (χ1) is 8.63. The van der Waals surface area contributed by atoms with Crippen LogP contribution in [0.4, 0.5) is 0 Å². The lowest BCUT2D eigenvalue weighted by atomic mass is 9.88. The number of benzene rings is 1. The molecule has 2 N–H and O–H groups in total. The molecule has 0 amide bonds. The Kier molecular flexibility index (Phi) is 2.52. The average Bonchev–Trinajstić information content (AvgIpc) is 3.07. The molecule has 94 valence electrons. The third-order valence-corrected chi connectivity index (χ3v) is 4.06. The second-order valence-corrected chi connectivity index (χ2v) is 5.42. The van der Waals surface area contributed by atoms with Gasteiger partial charge < -0.3 is 5.73 Å². The molecule has 3 heteroatoms. The summed E-state index contributed by atoms with van der Waals surface area (Å²) in [6.45, 7) is 4.17. The van der Waals surface area contributed by atoms with E-state index in [1.807, 2.05) is 10.9 Å². The summed E-state index contributed by atoms with van der Waals surface area (Å²) in [4.78, 5) is 0. The van der Waals surface area contributed by atoms with Crippen molar-refractivity contribution in [3.63, 3.8) is 0 Å². The van der Waals surface area contributed by atoms with Crippen LogP contribution in [0.15, 0.2) is 36.7 Å². The molecule has 1 aliphatic rings. The van der Waals surface area contributed by atoms with Crippen molar-refractivity contribution < 1.29 is 0 Å². The Labute approximate surface area is 108 Å². The molecule has 0 saturated heterocycles. The van der Waals surface area contributed by atoms with Crippen molar-refractivity contribution in [2.45, 2.75) is 38.1 Å². The molecule has 1 aromatic carbocycles. The SMILES string of the molecule is Cc1cnn(-c2ccccc2C2(C(C)N)CC2)c1. The lowest BCUT2D eigenvalue weighted by molar-refractivity contribution is 0.552. The zero-order valence-electron chi connectivity index (χ0n) is 10.9. The molecule has 3 nitrogen and oxygen atoms in total. The van der Waals surface area contributed by atoms with Crippen LogP contribution < -0.4 is 5.73 Å². The maximum Gasteiger partial charge on any atom is 0.0683 e. The van der Waals surface area contributed by atoms with Crippen LogP contribution in [-0.4, -0.2) is 15.8 Å². The van der Waals surface area contributed by atoms with Gasteiger partial charge in [0.05, 0.1) is 11.9 Å². The summed E-state index contributed by atoms with van der Waals surface area (Å²) in [6, 6.07) is 8.67. The second kappa shape index (κ2) is 3.95. The van der Waals surface area contributed by atoms with Gasteiger partial charge in [0.2, 0.25) is 0 Å². The number of hydrogen-bond donors (Lipinski definition) is 1. The Bertz CT molecular complexity index is 565. The predicted molar refractivity (Wildman–Crippen MR) is 72.9 cm³/mol. The van der Waals surface area contributed by atoms with Crippen LogP contribution in [-0.2, 0) is 5.41 Å². The molecule has 18 heavy (non-hydrogen) atoms. The van der Waals surface area contributed by atoms with Gasteiger partial charge in [-0.2, -0.15) is 5.10 Å². The maximum atomic E-state index is 6.19. The highest BCUT2D eigenvalue weighted by Gasteiger charge is 2.48. The highest BCUT2D eigenvalue weighted by atomic mass is 15.3. The molecule has 1 unspecified atom stereocenters. The number of hydrogen-bond acceptors (Lipinski definition) is 2. The van der Waals surface area contributed by atoms with E-state index in [2.05, 4.69) is 49.4 Å². The number of nitrogens with zero attached hydrogens (tertiary/aromatic N) is 2. The molecule has 2 aromatic rings. The van der Waals surface area contributed by atoms with Crippen molar-refractivity contribution in [3.05, 3.63) is 47.8 Å². The van der Waals surface area contributed by atoms with E-state index < -0.39 is 0 Å². The zero-order valence-corrected chi connectivity index (χ0v) is 10.9. The maximum absolute atomic E-state index is 6.19. The molecule has 0 spiro atoms. The minimum atomic E-state index is 0.163. The Hall–Kier alpha value is -1.61. The van der Waals surface area contributed by atoms with Crippen LogP contribution in [0.5, 0.6) is 0 Å². The van der Waals surface area contributed by atoms with Gasteiger partial charge in [0.15, 0.2) is 0 Å². The largest absolute Gasteiger partial charge is 0.327 e. The lowest BCUT2D eigenvalue weighted by Gasteiger charge is -2.23. The Morgan fingerprint density at radius 2 is 2.06 bits per heavy atom. The van der Waals surface area contributed by atoms with Gasteiger partial charge in [0, 0.05) is 17.7 Å². The first kappa shape index (κ1) is 11.5. The molecule has 0 aliphatic heterocycles. The van der Waals surface area contributed by atoms with Gasteiger partial charge in [-0.25, -0.2) is 4.68 Å². The summed E-state index contributed by atoms with van der Waals surface area (Å²) < 4.78 is 1.97. The van der Waals surface area contributed by atoms with E-state index in [-0.39, 0.29) is 11.5 Å². The molecule has 1 aliphatic carbocycles.